The maximum atomic E-state index is 13.2. The molecule has 1 fully saturated rings. The molecular weight excluding hydrogens is 348 g/mol. The van der Waals surface area contributed by atoms with Gasteiger partial charge in [0.2, 0.25) is 0 Å². The predicted molar refractivity (Wildman–Crippen MR) is 102 cm³/mol. The minimum absolute atomic E-state index is 0.211. The molecule has 3 aromatic rings. The number of rotatable bonds is 3. The molecule has 1 atom stereocenters. The highest BCUT2D eigenvalue weighted by Gasteiger charge is 2.49. The van der Waals surface area contributed by atoms with Gasteiger partial charge in [0.25, 0.3) is 5.91 Å². The fourth-order valence-corrected chi connectivity index (χ4v) is 3.58. The summed E-state index contributed by atoms with van der Waals surface area (Å²) in [5.41, 5.74) is 0.553. The molecule has 3 aromatic carbocycles. The third-order valence-corrected chi connectivity index (χ3v) is 5.11. The lowest BCUT2D eigenvalue weighted by molar-refractivity contribution is -0.131. The number of hydrogen-bond acceptors (Lipinski definition) is 2. The van der Waals surface area contributed by atoms with Crippen molar-refractivity contribution < 1.29 is 9.59 Å². The van der Waals surface area contributed by atoms with E-state index in [0.29, 0.717) is 5.02 Å². The van der Waals surface area contributed by atoms with Gasteiger partial charge in [-0.05, 0) is 41.0 Å². The number of halogens is 1. The molecular formula is C21H17ClN2O2. The van der Waals surface area contributed by atoms with E-state index in [2.05, 4.69) is 5.32 Å². The zero-order valence-electron chi connectivity index (χ0n) is 14.2. The van der Waals surface area contributed by atoms with Gasteiger partial charge in [0, 0.05) is 5.02 Å². The van der Waals surface area contributed by atoms with Crippen LogP contribution in [-0.4, -0.2) is 16.8 Å². The van der Waals surface area contributed by atoms with Gasteiger partial charge in [0.1, 0.15) is 5.54 Å². The van der Waals surface area contributed by atoms with Gasteiger partial charge in [0.15, 0.2) is 0 Å². The number of carbonyl (C=O) groups is 2. The zero-order chi connectivity index (χ0) is 18.3. The Bertz CT molecular complexity index is 1010. The molecule has 130 valence electrons. The van der Waals surface area contributed by atoms with Crippen molar-refractivity contribution in [3.05, 3.63) is 82.9 Å². The molecule has 4 nitrogen and oxygen atoms in total. The SMILES string of the molecule is C[C@]1(c2cccc3ccccc23)NC(=O)N(Cc2ccc(Cl)cc2)C1=O. The van der Waals surface area contributed by atoms with Crippen LogP contribution in [0.4, 0.5) is 4.79 Å². The van der Waals surface area contributed by atoms with Crippen LogP contribution in [0.5, 0.6) is 0 Å². The van der Waals surface area contributed by atoms with E-state index < -0.39 is 5.54 Å². The first-order valence-corrected chi connectivity index (χ1v) is 8.73. The van der Waals surface area contributed by atoms with E-state index in [1.54, 1.807) is 19.1 Å². The molecule has 1 aliphatic rings. The summed E-state index contributed by atoms with van der Waals surface area (Å²) in [5.74, 6) is -0.256. The molecule has 0 bridgehead atoms. The number of benzene rings is 3. The second-order valence-corrected chi connectivity index (χ2v) is 7.04. The quantitative estimate of drug-likeness (QED) is 0.697. The van der Waals surface area contributed by atoms with Crippen LogP contribution in [0.15, 0.2) is 66.7 Å². The topological polar surface area (TPSA) is 49.4 Å². The van der Waals surface area contributed by atoms with Gasteiger partial charge in [0.05, 0.1) is 6.54 Å². The van der Waals surface area contributed by atoms with Gasteiger partial charge >= 0.3 is 6.03 Å². The van der Waals surface area contributed by atoms with Gasteiger partial charge < -0.3 is 5.32 Å². The lowest BCUT2D eigenvalue weighted by atomic mass is 9.88. The van der Waals surface area contributed by atoms with Crippen LogP contribution in [0.1, 0.15) is 18.1 Å². The minimum Gasteiger partial charge on any atom is -0.319 e. The number of imide groups is 1. The summed E-state index contributed by atoms with van der Waals surface area (Å²) in [6.45, 7) is 1.97. The number of amides is 3. The number of fused-ring (bicyclic) bond motifs is 1. The molecule has 26 heavy (non-hydrogen) atoms. The molecule has 0 radical (unpaired) electrons. The molecule has 0 aromatic heterocycles. The molecule has 0 aliphatic carbocycles. The van der Waals surface area contributed by atoms with Crippen LogP contribution in [0, 0.1) is 0 Å². The normalized spacial score (nSPS) is 19.8. The summed E-state index contributed by atoms with van der Waals surface area (Å²) < 4.78 is 0. The molecule has 0 spiro atoms. The first kappa shape index (κ1) is 16.6. The van der Waals surface area contributed by atoms with Crippen molar-refractivity contribution in [2.75, 3.05) is 0 Å². The molecule has 1 N–H and O–H groups in total. The summed E-state index contributed by atoms with van der Waals surface area (Å²) in [7, 11) is 0. The Morgan fingerprint density at radius 2 is 1.65 bits per heavy atom. The highest BCUT2D eigenvalue weighted by atomic mass is 35.5. The van der Waals surface area contributed by atoms with Crippen molar-refractivity contribution in [1.82, 2.24) is 10.2 Å². The average Bonchev–Trinajstić information content (AvgIpc) is 2.87. The zero-order valence-corrected chi connectivity index (χ0v) is 15.0. The Balaban J connectivity index is 1.72. The maximum Gasteiger partial charge on any atom is 0.325 e. The van der Waals surface area contributed by atoms with Crippen LogP contribution in [-0.2, 0) is 16.9 Å². The number of carbonyl (C=O) groups excluding carboxylic acids is 2. The first-order valence-electron chi connectivity index (χ1n) is 8.36. The number of hydrogen-bond donors (Lipinski definition) is 1. The molecule has 1 heterocycles. The molecule has 1 saturated heterocycles. The van der Waals surface area contributed by atoms with Crippen LogP contribution >= 0.6 is 11.6 Å². The van der Waals surface area contributed by atoms with Gasteiger partial charge in [-0.1, -0.05) is 66.2 Å². The number of nitrogens with zero attached hydrogens (tertiary/aromatic N) is 1. The Hall–Kier alpha value is -2.85. The third kappa shape index (κ3) is 2.63. The van der Waals surface area contributed by atoms with Crippen molar-refractivity contribution in [1.29, 1.82) is 0 Å². The standard InChI is InChI=1S/C21H17ClN2O2/c1-21(18-8-4-6-15-5-2-3-7-17(15)18)19(25)24(20(26)23-21)13-14-9-11-16(22)12-10-14/h2-12H,13H2,1H3,(H,23,26)/t21-/m1/s1. The predicted octanol–water partition coefficient (Wildman–Crippen LogP) is 4.46. The largest absolute Gasteiger partial charge is 0.325 e. The minimum atomic E-state index is -1.09. The average molecular weight is 365 g/mol. The van der Waals surface area contributed by atoms with Crippen LogP contribution in [0.2, 0.25) is 5.02 Å². The van der Waals surface area contributed by atoms with E-state index in [0.717, 1.165) is 21.9 Å². The fraction of sp³-hybridized carbons (Fsp3) is 0.143. The molecule has 1 aliphatic heterocycles. The van der Waals surface area contributed by atoms with E-state index >= 15 is 0 Å². The smallest absolute Gasteiger partial charge is 0.319 e. The van der Waals surface area contributed by atoms with Gasteiger partial charge in [-0.3, -0.25) is 9.69 Å². The molecule has 0 unspecified atom stereocenters. The summed E-state index contributed by atoms with van der Waals surface area (Å²) in [5, 5.41) is 5.49. The number of nitrogens with one attached hydrogen (secondary N) is 1. The van der Waals surface area contributed by atoms with Crippen LogP contribution < -0.4 is 5.32 Å². The van der Waals surface area contributed by atoms with Crippen LogP contribution in [0.25, 0.3) is 10.8 Å². The van der Waals surface area contributed by atoms with Crippen molar-refractivity contribution >= 4 is 34.3 Å². The maximum absolute atomic E-state index is 13.2. The Labute approximate surface area is 156 Å². The van der Waals surface area contributed by atoms with Crippen molar-refractivity contribution in [3.63, 3.8) is 0 Å². The van der Waals surface area contributed by atoms with Crippen molar-refractivity contribution in [2.24, 2.45) is 0 Å². The second-order valence-electron chi connectivity index (χ2n) is 6.60. The van der Waals surface area contributed by atoms with E-state index in [1.807, 2.05) is 54.6 Å². The Morgan fingerprint density at radius 1 is 0.962 bits per heavy atom. The van der Waals surface area contributed by atoms with Crippen molar-refractivity contribution in [3.8, 4) is 0 Å². The highest BCUT2D eigenvalue weighted by Crippen LogP contribution is 2.34. The summed E-state index contributed by atoms with van der Waals surface area (Å²) in [6, 6.07) is 20.4. The first-order chi connectivity index (χ1) is 12.5. The van der Waals surface area contributed by atoms with E-state index in [4.69, 9.17) is 11.6 Å². The fourth-order valence-electron chi connectivity index (χ4n) is 3.46. The second kappa shape index (κ2) is 6.15. The van der Waals surface area contributed by atoms with E-state index in [1.165, 1.54) is 4.90 Å². The molecule has 3 amide bonds. The van der Waals surface area contributed by atoms with E-state index in [-0.39, 0.29) is 18.5 Å². The van der Waals surface area contributed by atoms with Crippen LogP contribution in [0.3, 0.4) is 0 Å². The molecule has 4 rings (SSSR count). The number of urea groups is 1. The van der Waals surface area contributed by atoms with E-state index in [9.17, 15) is 9.59 Å². The monoisotopic (exact) mass is 364 g/mol. The lowest BCUT2D eigenvalue weighted by Crippen LogP contribution is -2.41. The van der Waals surface area contributed by atoms with Gasteiger partial charge in [-0.2, -0.15) is 0 Å². The Morgan fingerprint density at radius 3 is 2.42 bits per heavy atom. The van der Waals surface area contributed by atoms with Gasteiger partial charge in [-0.25, -0.2) is 4.79 Å². The summed E-state index contributed by atoms with van der Waals surface area (Å²) in [6.07, 6.45) is 0. The Kier molecular flexibility index (Phi) is 3.93. The van der Waals surface area contributed by atoms with Gasteiger partial charge in [-0.15, -0.1) is 0 Å². The van der Waals surface area contributed by atoms with Crippen molar-refractivity contribution in [2.45, 2.75) is 19.0 Å². The lowest BCUT2D eigenvalue weighted by Gasteiger charge is -2.24. The molecule has 5 heteroatoms. The highest BCUT2D eigenvalue weighted by molar-refractivity contribution is 6.30. The third-order valence-electron chi connectivity index (χ3n) is 4.86. The summed E-state index contributed by atoms with van der Waals surface area (Å²) in [4.78, 5) is 27.0. The molecule has 0 saturated carbocycles. The summed E-state index contributed by atoms with van der Waals surface area (Å²) >= 11 is 5.91.